The molecule has 0 aliphatic rings. The van der Waals surface area contributed by atoms with Crippen LogP contribution in [0, 0.1) is 0 Å². The van der Waals surface area contributed by atoms with Gasteiger partial charge in [-0.1, -0.05) is 23.9 Å². The topological polar surface area (TPSA) is 112 Å². The molecule has 8 nitrogen and oxygen atoms in total. The molecule has 0 spiro atoms. The third-order valence-electron chi connectivity index (χ3n) is 3.21. The fourth-order valence-electron chi connectivity index (χ4n) is 2.02. The van der Waals surface area contributed by atoms with Gasteiger partial charge in [0.15, 0.2) is 0 Å². The molecule has 9 heteroatoms. The summed E-state index contributed by atoms with van der Waals surface area (Å²) in [5.41, 5.74) is 10.00. The van der Waals surface area contributed by atoms with Crippen molar-refractivity contribution in [2.45, 2.75) is 19.0 Å². The zero-order chi connectivity index (χ0) is 17.4. The molecule has 2 aromatic rings. The Morgan fingerprint density at radius 3 is 2.71 bits per heavy atom. The van der Waals surface area contributed by atoms with E-state index in [1.807, 2.05) is 12.1 Å². The van der Waals surface area contributed by atoms with Gasteiger partial charge in [-0.25, -0.2) is 10.5 Å². The Morgan fingerprint density at radius 2 is 2.08 bits per heavy atom. The molecular weight excluding hydrogens is 326 g/mol. The fraction of sp³-hybridized carbons (Fsp3) is 0.333. The molecule has 1 heterocycles. The Balaban J connectivity index is 1.88. The lowest BCUT2D eigenvalue weighted by atomic mass is 10.2. The summed E-state index contributed by atoms with van der Waals surface area (Å²) < 4.78 is 0. The van der Waals surface area contributed by atoms with Gasteiger partial charge in [-0.05, 0) is 31.5 Å². The van der Waals surface area contributed by atoms with Crippen LogP contribution in [-0.4, -0.2) is 46.1 Å². The van der Waals surface area contributed by atoms with Gasteiger partial charge in [-0.2, -0.15) is 10.1 Å². The minimum absolute atomic E-state index is 0.138. The summed E-state index contributed by atoms with van der Waals surface area (Å²) in [6, 6.07) is 8.16. The SMILES string of the molecule is CCN(CC)c1ccc(/C=N\Nc2nc(SCC(N)=O)n[nH]2)cc1. The van der Waals surface area contributed by atoms with Crippen molar-refractivity contribution in [1.29, 1.82) is 0 Å². The number of anilines is 2. The maximum atomic E-state index is 10.7. The van der Waals surface area contributed by atoms with Crippen LogP contribution < -0.4 is 16.1 Å². The molecule has 24 heavy (non-hydrogen) atoms. The molecule has 1 aromatic carbocycles. The van der Waals surface area contributed by atoms with Crippen LogP contribution in [0.3, 0.4) is 0 Å². The van der Waals surface area contributed by atoms with E-state index in [1.54, 1.807) is 6.21 Å². The van der Waals surface area contributed by atoms with Crippen LogP contribution in [0.2, 0.25) is 0 Å². The first-order chi connectivity index (χ1) is 11.6. The molecule has 0 atom stereocenters. The van der Waals surface area contributed by atoms with Gasteiger partial charge in [0.25, 0.3) is 0 Å². The average Bonchev–Trinajstić information content (AvgIpc) is 3.03. The van der Waals surface area contributed by atoms with E-state index < -0.39 is 5.91 Å². The highest BCUT2D eigenvalue weighted by Gasteiger charge is 2.04. The second kappa shape index (κ2) is 8.92. The third-order valence-corrected chi connectivity index (χ3v) is 4.08. The maximum Gasteiger partial charge on any atom is 0.240 e. The summed E-state index contributed by atoms with van der Waals surface area (Å²) in [6.07, 6.45) is 1.70. The summed E-state index contributed by atoms with van der Waals surface area (Å²) in [7, 11) is 0. The number of primary amides is 1. The highest BCUT2D eigenvalue weighted by atomic mass is 32.2. The van der Waals surface area contributed by atoms with Crippen molar-refractivity contribution in [3.8, 4) is 0 Å². The van der Waals surface area contributed by atoms with Gasteiger partial charge >= 0.3 is 0 Å². The van der Waals surface area contributed by atoms with E-state index in [1.165, 1.54) is 5.69 Å². The van der Waals surface area contributed by atoms with E-state index in [0.717, 1.165) is 30.4 Å². The van der Waals surface area contributed by atoms with Crippen LogP contribution in [0.25, 0.3) is 0 Å². The Bertz CT molecular complexity index is 679. The number of hydrogen-bond acceptors (Lipinski definition) is 7. The van der Waals surface area contributed by atoms with Gasteiger partial charge in [-0.15, -0.1) is 5.10 Å². The van der Waals surface area contributed by atoms with Crippen molar-refractivity contribution in [3.05, 3.63) is 29.8 Å². The number of thioether (sulfide) groups is 1. The number of aromatic amines is 1. The standard InChI is InChI=1S/C15H21N7OS/c1-3-22(4-2)12-7-5-11(6-8-12)9-17-19-14-18-15(21-20-14)24-10-13(16)23/h5-9H,3-4,10H2,1-2H3,(H2,16,23)(H2,18,19,20,21)/b17-9-. The number of H-pyrrole nitrogens is 1. The van der Waals surface area contributed by atoms with Crippen molar-refractivity contribution in [2.75, 3.05) is 29.2 Å². The summed E-state index contributed by atoms with van der Waals surface area (Å²) in [6.45, 7) is 6.23. The van der Waals surface area contributed by atoms with E-state index in [2.05, 4.69) is 56.6 Å². The molecule has 0 saturated carbocycles. The van der Waals surface area contributed by atoms with Crippen LogP contribution in [0.15, 0.2) is 34.5 Å². The monoisotopic (exact) mass is 347 g/mol. The van der Waals surface area contributed by atoms with Crippen LogP contribution in [0.1, 0.15) is 19.4 Å². The lowest BCUT2D eigenvalue weighted by Gasteiger charge is -2.20. The minimum Gasteiger partial charge on any atom is -0.372 e. The molecular formula is C15H21N7OS. The number of nitrogens with one attached hydrogen (secondary N) is 2. The molecule has 128 valence electrons. The Hall–Kier alpha value is -2.55. The molecule has 1 amide bonds. The molecule has 1 aromatic heterocycles. The molecule has 0 fully saturated rings. The molecule has 0 saturated heterocycles. The normalized spacial score (nSPS) is 10.9. The molecule has 0 unspecified atom stereocenters. The number of nitrogens with two attached hydrogens (primary N) is 1. The fourth-order valence-corrected chi connectivity index (χ4v) is 2.56. The maximum absolute atomic E-state index is 10.7. The number of carbonyl (C=O) groups is 1. The largest absolute Gasteiger partial charge is 0.372 e. The first kappa shape index (κ1) is 17.8. The number of carbonyl (C=O) groups excluding carboxylic acids is 1. The van der Waals surface area contributed by atoms with Gasteiger partial charge in [0.05, 0.1) is 12.0 Å². The van der Waals surface area contributed by atoms with Gasteiger partial charge in [0, 0.05) is 18.8 Å². The van der Waals surface area contributed by atoms with Crippen LogP contribution in [0.4, 0.5) is 11.6 Å². The Kier molecular flexibility index (Phi) is 6.62. The zero-order valence-corrected chi connectivity index (χ0v) is 14.5. The lowest BCUT2D eigenvalue weighted by Crippen LogP contribution is -2.21. The van der Waals surface area contributed by atoms with Crippen molar-refractivity contribution < 1.29 is 4.79 Å². The first-order valence-corrected chi connectivity index (χ1v) is 8.58. The number of aromatic nitrogens is 3. The number of rotatable bonds is 9. The Labute approximate surface area is 144 Å². The van der Waals surface area contributed by atoms with Crippen LogP contribution in [-0.2, 0) is 4.79 Å². The highest BCUT2D eigenvalue weighted by molar-refractivity contribution is 7.99. The second-order valence-corrected chi connectivity index (χ2v) is 5.80. The number of hydrogen-bond donors (Lipinski definition) is 3. The summed E-state index contributed by atoms with van der Waals surface area (Å²) >= 11 is 1.16. The number of nitrogens with zero attached hydrogens (tertiary/aromatic N) is 4. The van der Waals surface area contributed by atoms with Crippen molar-refractivity contribution in [2.24, 2.45) is 10.8 Å². The lowest BCUT2D eigenvalue weighted by molar-refractivity contribution is -0.115. The molecule has 0 aliphatic carbocycles. The number of amides is 1. The van der Waals surface area contributed by atoms with Crippen LogP contribution >= 0.6 is 11.8 Å². The predicted octanol–water partition coefficient (Wildman–Crippen LogP) is 1.67. The average molecular weight is 347 g/mol. The zero-order valence-electron chi connectivity index (χ0n) is 13.7. The summed E-state index contributed by atoms with van der Waals surface area (Å²) in [4.78, 5) is 17.1. The summed E-state index contributed by atoms with van der Waals surface area (Å²) in [5.74, 6) is 0.128. The Morgan fingerprint density at radius 1 is 1.38 bits per heavy atom. The first-order valence-electron chi connectivity index (χ1n) is 7.60. The van der Waals surface area contributed by atoms with Gasteiger partial charge in [0.2, 0.25) is 17.0 Å². The van der Waals surface area contributed by atoms with Gasteiger partial charge in [-0.3, -0.25) is 4.79 Å². The van der Waals surface area contributed by atoms with Crippen molar-refractivity contribution in [3.63, 3.8) is 0 Å². The molecule has 0 radical (unpaired) electrons. The van der Waals surface area contributed by atoms with E-state index in [9.17, 15) is 4.79 Å². The smallest absolute Gasteiger partial charge is 0.240 e. The second-order valence-electron chi connectivity index (χ2n) is 4.86. The van der Waals surface area contributed by atoms with E-state index in [-0.39, 0.29) is 5.75 Å². The molecule has 2 rings (SSSR count). The molecule has 0 bridgehead atoms. The van der Waals surface area contributed by atoms with Gasteiger partial charge < -0.3 is 10.6 Å². The minimum atomic E-state index is -0.412. The molecule has 4 N–H and O–H groups in total. The van der Waals surface area contributed by atoms with Crippen molar-refractivity contribution >= 4 is 35.5 Å². The predicted molar refractivity (Wildman–Crippen MR) is 97.5 cm³/mol. The molecule has 0 aliphatic heterocycles. The van der Waals surface area contributed by atoms with Gasteiger partial charge in [0.1, 0.15) is 0 Å². The van der Waals surface area contributed by atoms with Crippen molar-refractivity contribution in [1.82, 2.24) is 15.2 Å². The number of hydrazone groups is 1. The van der Waals surface area contributed by atoms with E-state index in [4.69, 9.17) is 5.73 Å². The van der Waals surface area contributed by atoms with E-state index in [0.29, 0.717) is 11.1 Å². The quantitative estimate of drug-likeness (QED) is 0.361. The summed E-state index contributed by atoms with van der Waals surface area (Å²) in [5, 5.41) is 11.2. The van der Waals surface area contributed by atoms with E-state index >= 15 is 0 Å². The number of benzene rings is 1. The third kappa shape index (κ3) is 5.27. The highest BCUT2D eigenvalue weighted by Crippen LogP contribution is 2.15. The van der Waals surface area contributed by atoms with Crippen LogP contribution in [0.5, 0.6) is 0 Å².